The van der Waals surface area contributed by atoms with Gasteiger partial charge >= 0.3 is 0 Å². The Hall–Kier alpha value is -5.63. The van der Waals surface area contributed by atoms with Crippen LogP contribution < -0.4 is 0 Å². The minimum Gasteiger partial charge on any atom is -0.456 e. The summed E-state index contributed by atoms with van der Waals surface area (Å²) in [5.74, 6) is 0. The van der Waals surface area contributed by atoms with E-state index in [9.17, 15) is 0 Å². The van der Waals surface area contributed by atoms with Gasteiger partial charge in [0.2, 0.25) is 0 Å². The second-order valence-electron chi connectivity index (χ2n) is 11.1. The number of nitrogens with zero attached hydrogens (tertiary/aromatic N) is 2. The third-order valence-electron chi connectivity index (χ3n) is 8.77. The molecule has 8 aromatic rings. The molecule has 0 N–H and O–H groups in total. The molecule has 0 saturated heterocycles. The molecule has 2 aromatic heterocycles. The van der Waals surface area contributed by atoms with Crippen LogP contribution >= 0.6 is 0 Å². The highest BCUT2D eigenvalue weighted by atomic mass is 16.5. The fourth-order valence-corrected chi connectivity index (χ4v) is 6.80. The van der Waals surface area contributed by atoms with Gasteiger partial charge in [0.1, 0.15) is 11.2 Å². The highest BCUT2D eigenvalue weighted by Crippen LogP contribution is 2.41. The topological polar surface area (TPSA) is 31.7 Å². The molecule has 6 aromatic carbocycles. The number of aromatic nitrogens is 1. The van der Waals surface area contributed by atoms with Crippen molar-refractivity contribution < 1.29 is 9.15 Å². The average Bonchev–Trinajstić information content (AvgIpc) is 3.54. The third-order valence-corrected chi connectivity index (χ3v) is 8.77. The molecule has 9 rings (SSSR count). The van der Waals surface area contributed by atoms with Gasteiger partial charge < -0.3 is 13.7 Å². The van der Waals surface area contributed by atoms with E-state index >= 15 is 0 Å². The maximum Gasteiger partial charge on any atom is 0.188 e. The van der Waals surface area contributed by atoms with Crippen LogP contribution in [0.3, 0.4) is 0 Å². The second kappa shape index (κ2) is 9.19. The summed E-state index contributed by atoms with van der Waals surface area (Å²) in [6.07, 6.45) is 0. The summed E-state index contributed by atoms with van der Waals surface area (Å²) in [6.45, 7) is 8.67. The molecule has 0 spiro atoms. The van der Waals surface area contributed by atoms with Gasteiger partial charge in [0.15, 0.2) is 5.69 Å². The van der Waals surface area contributed by atoms with Crippen molar-refractivity contribution in [2.45, 2.75) is 13.2 Å². The molecule has 0 aliphatic carbocycles. The number of hydrogen-bond acceptors (Lipinski definition) is 2. The van der Waals surface area contributed by atoms with E-state index in [1.54, 1.807) is 0 Å². The van der Waals surface area contributed by atoms with Crippen molar-refractivity contribution in [1.29, 1.82) is 0 Å². The van der Waals surface area contributed by atoms with Gasteiger partial charge in [-0.15, -0.1) is 0 Å². The van der Waals surface area contributed by atoms with E-state index < -0.39 is 0 Å². The Bertz CT molecular complexity index is 2450. The lowest BCUT2D eigenvalue weighted by Gasteiger charge is -2.15. The molecule has 0 bridgehead atoms. The summed E-state index contributed by atoms with van der Waals surface area (Å²) in [5.41, 5.74) is 12.8. The summed E-state index contributed by atoms with van der Waals surface area (Å²) in [6, 6.07) is 42.4. The third kappa shape index (κ3) is 3.59. The molecule has 0 amide bonds. The Labute approximate surface area is 247 Å². The van der Waals surface area contributed by atoms with Crippen molar-refractivity contribution in [1.82, 2.24) is 4.57 Å². The highest BCUT2D eigenvalue weighted by molar-refractivity contribution is 6.13. The van der Waals surface area contributed by atoms with Gasteiger partial charge in [-0.1, -0.05) is 72.8 Å². The maximum atomic E-state index is 7.55. The fourth-order valence-electron chi connectivity index (χ4n) is 6.80. The molecule has 1 aliphatic rings. The van der Waals surface area contributed by atoms with Gasteiger partial charge in [-0.05, 0) is 87.3 Å². The van der Waals surface area contributed by atoms with Crippen molar-refractivity contribution in [3.63, 3.8) is 0 Å². The van der Waals surface area contributed by atoms with Crippen LogP contribution in [0.5, 0.6) is 0 Å². The lowest BCUT2D eigenvalue weighted by molar-refractivity contribution is 0.110. The van der Waals surface area contributed by atoms with Crippen molar-refractivity contribution in [3.8, 4) is 27.9 Å². The Morgan fingerprint density at radius 1 is 0.581 bits per heavy atom. The number of benzene rings is 6. The zero-order chi connectivity index (χ0) is 28.5. The SMILES string of the molecule is [C-]#[N+]c1ccc2c(c1)c1ccccc1n2-c1ccc2c(c1)-c1cc(-c3cccc4oc5ccccc5c34)ccc1COC2. The molecule has 0 atom stereocenters. The van der Waals surface area contributed by atoms with Gasteiger partial charge in [-0.2, -0.15) is 0 Å². The molecule has 202 valence electrons. The van der Waals surface area contributed by atoms with Gasteiger partial charge in [0, 0.05) is 21.8 Å². The summed E-state index contributed by atoms with van der Waals surface area (Å²) < 4.78 is 14.7. The minimum atomic E-state index is 0.559. The first-order chi connectivity index (χ1) is 21.3. The van der Waals surface area contributed by atoms with Crippen LogP contribution in [0.25, 0.3) is 76.5 Å². The average molecular weight is 553 g/mol. The molecule has 0 radical (unpaired) electrons. The molecule has 43 heavy (non-hydrogen) atoms. The number of ether oxygens (including phenoxy) is 1. The van der Waals surface area contributed by atoms with E-state index in [2.05, 4.69) is 100 Å². The molecule has 0 unspecified atom stereocenters. The predicted molar refractivity (Wildman–Crippen MR) is 174 cm³/mol. The summed E-state index contributed by atoms with van der Waals surface area (Å²) in [5, 5.41) is 4.50. The first-order valence-corrected chi connectivity index (χ1v) is 14.4. The van der Waals surface area contributed by atoms with Gasteiger partial charge in [-0.25, -0.2) is 4.85 Å². The van der Waals surface area contributed by atoms with Gasteiger partial charge in [-0.3, -0.25) is 0 Å². The van der Waals surface area contributed by atoms with E-state index in [4.69, 9.17) is 15.7 Å². The van der Waals surface area contributed by atoms with Crippen LogP contribution in [0.1, 0.15) is 11.1 Å². The van der Waals surface area contributed by atoms with Crippen LogP contribution in [0.15, 0.2) is 126 Å². The second-order valence-corrected chi connectivity index (χ2v) is 11.1. The Morgan fingerprint density at radius 2 is 1.33 bits per heavy atom. The number of fused-ring (bicyclic) bond motifs is 9. The smallest absolute Gasteiger partial charge is 0.188 e. The van der Waals surface area contributed by atoms with E-state index in [0.29, 0.717) is 18.9 Å². The Balaban J connectivity index is 1.27. The normalized spacial score (nSPS) is 12.8. The van der Waals surface area contributed by atoms with E-state index in [1.807, 2.05) is 30.3 Å². The lowest BCUT2D eigenvalue weighted by atomic mass is 9.91. The van der Waals surface area contributed by atoms with Crippen molar-refractivity contribution >= 4 is 49.4 Å². The molecule has 1 aliphatic heterocycles. The van der Waals surface area contributed by atoms with E-state index in [1.165, 1.54) is 22.3 Å². The summed E-state index contributed by atoms with van der Waals surface area (Å²) in [7, 11) is 0. The predicted octanol–water partition coefficient (Wildman–Crippen LogP) is 10.6. The van der Waals surface area contributed by atoms with E-state index in [0.717, 1.165) is 60.6 Å². The standard InChI is InChI=1S/C39H24N2O2/c1-40-27-16-18-36-34(20-27)30-7-2-4-10-35(30)41(36)28-17-15-26-23-42-22-25-14-13-24(19-32(25)33(26)21-28)29-9-6-12-38-39(29)31-8-3-5-11-37(31)43-38/h2-21H,22-23H2. The fraction of sp³-hybridized carbons (Fsp3) is 0.0513. The number of hydrogen-bond donors (Lipinski definition) is 0. The van der Waals surface area contributed by atoms with Crippen molar-refractivity contribution in [2.24, 2.45) is 0 Å². The number of para-hydroxylation sites is 2. The molecule has 3 heterocycles. The summed E-state index contributed by atoms with van der Waals surface area (Å²) in [4.78, 5) is 3.69. The van der Waals surface area contributed by atoms with Gasteiger partial charge in [0.25, 0.3) is 0 Å². The first-order valence-electron chi connectivity index (χ1n) is 14.4. The molecular formula is C39H24N2O2. The first kappa shape index (κ1) is 24.0. The zero-order valence-electron chi connectivity index (χ0n) is 23.2. The van der Waals surface area contributed by atoms with Crippen LogP contribution in [-0.4, -0.2) is 4.57 Å². The molecular weight excluding hydrogens is 528 g/mol. The molecule has 4 nitrogen and oxygen atoms in total. The Morgan fingerprint density at radius 3 is 2.21 bits per heavy atom. The van der Waals surface area contributed by atoms with Crippen LogP contribution in [0, 0.1) is 6.57 Å². The van der Waals surface area contributed by atoms with Crippen LogP contribution in [0.4, 0.5) is 5.69 Å². The summed E-state index contributed by atoms with van der Waals surface area (Å²) >= 11 is 0. The maximum absolute atomic E-state index is 7.55. The highest BCUT2D eigenvalue weighted by Gasteiger charge is 2.20. The van der Waals surface area contributed by atoms with Crippen molar-refractivity contribution in [3.05, 3.63) is 144 Å². The molecule has 0 saturated carbocycles. The quantitative estimate of drug-likeness (QED) is 0.200. The monoisotopic (exact) mass is 552 g/mol. The Kier molecular flexibility index (Phi) is 5.13. The lowest BCUT2D eigenvalue weighted by Crippen LogP contribution is -1.97. The van der Waals surface area contributed by atoms with Crippen LogP contribution in [0.2, 0.25) is 0 Å². The number of rotatable bonds is 2. The van der Waals surface area contributed by atoms with Crippen LogP contribution in [-0.2, 0) is 18.0 Å². The molecule has 4 heteroatoms. The van der Waals surface area contributed by atoms with Gasteiger partial charge in [0.05, 0.1) is 30.8 Å². The minimum absolute atomic E-state index is 0.559. The number of furan rings is 1. The van der Waals surface area contributed by atoms with Crippen molar-refractivity contribution in [2.75, 3.05) is 0 Å². The zero-order valence-corrected chi connectivity index (χ0v) is 23.2. The molecule has 0 fully saturated rings. The largest absolute Gasteiger partial charge is 0.456 e. The van der Waals surface area contributed by atoms with E-state index in [-0.39, 0.29) is 0 Å².